The molecule has 21 heavy (non-hydrogen) atoms. The summed E-state index contributed by atoms with van der Waals surface area (Å²) >= 11 is 1.60. The van der Waals surface area contributed by atoms with Crippen molar-refractivity contribution in [2.75, 3.05) is 19.6 Å². The third-order valence-electron chi connectivity index (χ3n) is 4.14. The van der Waals surface area contributed by atoms with Crippen molar-refractivity contribution >= 4 is 17.3 Å². The maximum atomic E-state index is 10.9. The fourth-order valence-electron chi connectivity index (χ4n) is 2.79. The highest BCUT2D eigenvalue weighted by Crippen LogP contribution is 2.22. The molecular formula is C16H26N2O2S. The molecular weight excluding hydrogens is 284 g/mol. The van der Waals surface area contributed by atoms with Crippen LogP contribution in [0, 0.1) is 5.92 Å². The maximum Gasteiger partial charge on any atom is 0.308 e. The molecule has 1 saturated heterocycles. The summed E-state index contributed by atoms with van der Waals surface area (Å²) in [6.07, 6.45) is 5.57. The fourth-order valence-corrected chi connectivity index (χ4v) is 3.89. The van der Waals surface area contributed by atoms with Crippen molar-refractivity contribution in [2.45, 2.75) is 52.4 Å². The lowest BCUT2D eigenvalue weighted by molar-refractivity contribution is -0.136. The van der Waals surface area contributed by atoms with Crippen LogP contribution in [-0.2, 0) is 24.1 Å². The van der Waals surface area contributed by atoms with Crippen molar-refractivity contribution in [3.8, 4) is 0 Å². The summed E-state index contributed by atoms with van der Waals surface area (Å²) in [5, 5.41) is 10.1. The molecule has 4 nitrogen and oxygen atoms in total. The van der Waals surface area contributed by atoms with Gasteiger partial charge in [-0.25, -0.2) is 4.98 Å². The summed E-state index contributed by atoms with van der Waals surface area (Å²) in [6, 6.07) is 0. The Bertz CT molecular complexity index is 465. The van der Waals surface area contributed by atoms with Gasteiger partial charge in [0, 0.05) is 17.8 Å². The van der Waals surface area contributed by atoms with Gasteiger partial charge in [-0.2, -0.15) is 0 Å². The van der Waals surface area contributed by atoms with Crippen LogP contribution in [0.5, 0.6) is 0 Å². The Morgan fingerprint density at radius 1 is 1.38 bits per heavy atom. The molecule has 1 aromatic rings. The van der Waals surface area contributed by atoms with E-state index in [2.05, 4.69) is 23.7 Å². The number of hydrogen-bond donors (Lipinski definition) is 1. The number of carbonyl (C=O) groups is 1. The number of hydrogen-bond acceptors (Lipinski definition) is 4. The van der Waals surface area contributed by atoms with Crippen LogP contribution in [-0.4, -0.2) is 40.6 Å². The third kappa shape index (κ3) is 5.08. The predicted molar refractivity (Wildman–Crippen MR) is 86.0 cm³/mol. The Kier molecular flexibility index (Phi) is 6.18. The van der Waals surface area contributed by atoms with Crippen LogP contribution in [0.3, 0.4) is 0 Å². The van der Waals surface area contributed by atoms with Crippen LogP contribution >= 0.6 is 11.3 Å². The third-order valence-corrected chi connectivity index (χ3v) is 5.30. The topological polar surface area (TPSA) is 53.4 Å². The first-order valence-electron chi connectivity index (χ1n) is 8.00. The van der Waals surface area contributed by atoms with Gasteiger partial charge in [0.2, 0.25) is 0 Å². The monoisotopic (exact) mass is 310 g/mol. The van der Waals surface area contributed by atoms with E-state index in [-0.39, 0.29) is 6.42 Å². The highest BCUT2D eigenvalue weighted by Gasteiger charge is 2.17. The second-order valence-electron chi connectivity index (χ2n) is 6.07. The van der Waals surface area contributed by atoms with E-state index in [9.17, 15) is 4.79 Å². The number of aliphatic carboxylic acids is 1. The molecule has 1 aromatic heterocycles. The second kappa shape index (κ2) is 7.90. The normalized spacial score (nSPS) is 17.2. The van der Waals surface area contributed by atoms with E-state index in [0.717, 1.165) is 47.3 Å². The smallest absolute Gasteiger partial charge is 0.308 e. The van der Waals surface area contributed by atoms with Crippen LogP contribution in [0.15, 0.2) is 0 Å². The standard InChI is InChI=1S/C16H26N2O2S/c1-3-4-13-14(11-16(19)20)21-15(17-13)7-10-18-8-5-12(2)6-9-18/h12H,3-11H2,1-2H3,(H,19,20). The number of carboxylic acid groups (broad SMARTS) is 1. The Hall–Kier alpha value is -0.940. The average molecular weight is 310 g/mol. The van der Waals surface area contributed by atoms with Gasteiger partial charge in [0.05, 0.1) is 17.1 Å². The highest BCUT2D eigenvalue weighted by atomic mass is 32.1. The van der Waals surface area contributed by atoms with E-state index in [1.54, 1.807) is 11.3 Å². The van der Waals surface area contributed by atoms with Gasteiger partial charge >= 0.3 is 5.97 Å². The fraction of sp³-hybridized carbons (Fsp3) is 0.750. The number of aromatic nitrogens is 1. The molecule has 1 N–H and O–H groups in total. The number of rotatable bonds is 7. The predicted octanol–water partition coefficient (Wildman–Crippen LogP) is 3.00. The van der Waals surface area contributed by atoms with E-state index in [1.165, 1.54) is 25.9 Å². The summed E-state index contributed by atoms with van der Waals surface area (Å²) < 4.78 is 0. The molecule has 2 heterocycles. The van der Waals surface area contributed by atoms with E-state index >= 15 is 0 Å². The van der Waals surface area contributed by atoms with Crippen LogP contribution in [0.2, 0.25) is 0 Å². The molecule has 0 atom stereocenters. The molecule has 1 aliphatic heterocycles. The van der Waals surface area contributed by atoms with Gasteiger partial charge in [-0.05, 0) is 38.3 Å². The molecule has 1 aliphatic rings. The lowest BCUT2D eigenvalue weighted by atomic mass is 9.99. The summed E-state index contributed by atoms with van der Waals surface area (Å²) in [7, 11) is 0. The molecule has 1 fully saturated rings. The quantitative estimate of drug-likeness (QED) is 0.841. The molecule has 118 valence electrons. The zero-order valence-electron chi connectivity index (χ0n) is 13.1. The van der Waals surface area contributed by atoms with E-state index in [1.807, 2.05) is 0 Å². The average Bonchev–Trinajstić information content (AvgIpc) is 2.80. The summed E-state index contributed by atoms with van der Waals surface area (Å²) in [6.45, 7) is 7.87. The molecule has 0 aromatic carbocycles. The van der Waals surface area contributed by atoms with E-state index in [4.69, 9.17) is 5.11 Å². The Balaban J connectivity index is 1.91. The van der Waals surface area contributed by atoms with Crippen LogP contribution < -0.4 is 0 Å². The SMILES string of the molecule is CCCc1nc(CCN2CCC(C)CC2)sc1CC(=O)O. The Labute approximate surface area is 131 Å². The summed E-state index contributed by atoms with van der Waals surface area (Å²) in [5.41, 5.74) is 1.01. The Morgan fingerprint density at radius 3 is 2.71 bits per heavy atom. The summed E-state index contributed by atoms with van der Waals surface area (Å²) in [4.78, 5) is 19.1. The van der Waals surface area contributed by atoms with E-state index in [0.29, 0.717) is 0 Å². The first kappa shape index (κ1) is 16.4. The number of carboxylic acids is 1. The first-order chi connectivity index (χ1) is 10.1. The number of aryl methyl sites for hydroxylation is 1. The van der Waals surface area contributed by atoms with Gasteiger partial charge in [0.1, 0.15) is 0 Å². The van der Waals surface area contributed by atoms with Crippen molar-refractivity contribution in [1.29, 1.82) is 0 Å². The van der Waals surface area contributed by atoms with Gasteiger partial charge in [-0.3, -0.25) is 4.79 Å². The van der Waals surface area contributed by atoms with Gasteiger partial charge < -0.3 is 10.0 Å². The molecule has 0 radical (unpaired) electrons. The molecule has 2 rings (SSSR count). The zero-order valence-corrected chi connectivity index (χ0v) is 13.9. The molecule has 0 spiro atoms. The van der Waals surface area contributed by atoms with Gasteiger partial charge in [0.25, 0.3) is 0 Å². The van der Waals surface area contributed by atoms with Crippen LogP contribution in [0.4, 0.5) is 0 Å². The minimum absolute atomic E-state index is 0.119. The van der Waals surface area contributed by atoms with Crippen molar-refractivity contribution < 1.29 is 9.90 Å². The largest absolute Gasteiger partial charge is 0.481 e. The zero-order chi connectivity index (χ0) is 15.2. The molecule has 0 saturated carbocycles. The minimum Gasteiger partial charge on any atom is -0.481 e. The summed E-state index contributed by atoms with van der Waals surface area (Å²) in [5.74, 6) is 0.104. The molecule has 5 heteroatoms. The minimum atomic E-state index is -0.757. The van der Waals surface area contributed by atoms with Crippen molar-refractivity contribution in [2.24, 2.45) is 5.92 Å². The molecule has 0 aliphatic carbocycles. The second-order valence-corrected chi connectivity index (χ2v) is 7.24. The number of nitrogens with zero attached hydrogens (tertiary/aromatic N) is 2. The van der Waals surface area contributed by atoms with Crippen molar-refractivity contribution in [1.82, 2.24) is 9.88 Å². The van der Waals surface area contributed by atoms with Gasteiger partial charge in [-0.15, -0.1) is 11.3 Å². The number of thiazole rings is 1. The van der Waals surface area contributed by atoms with E-state index < -0.39 is 5.97 Å². The number of piperidine rings is 1. The van der Waals surface area contributed by atoms with Crippen LogP contribution in [0.25, 0.3) is 0 Å². The molecule has 0 amide bonds. The van der Waals surface area contributed by atoms with Crippen molar-refractivity contribution in [3.05, 3.63) is 15.6 Å². The lowest BCUT2D eigenvalue weighted by Crippen LogP contribution is -2.34. The van der Waals surface area contributed by atoms with Crippen LogP contribution in [0.1, 0.15) is 48.7 Å². The molecule has 0 bridgehead atoms. The Morgan fingerprint density at radius 2 is 2.10 bits per heavy atom. The lowest BCUT2D eigenvalue weighted by Gasteiger charge is -2.29. The van der Waals surface area contributed by atoms with Crippen molar-refractivity contribution in [3.63, 3.8) is 0 Å². The maximum absolute atomic E-state index is 10.9. The molecule has 0 unspecified atom stereocenters. The van der Waals surface area contributed by atoms with Gasteiger partial charge in [0.15, 0.2) is 0 Å². The van der Waals surface area contributed by atoms with Gasteiger partial charge in [-0.1, -0.05) is 20.3 Å². The first-order valence-corrected chi connectivity index (χ1v) is 8.81. The number of likely N-dealkylation sites (tertiary alicyclic amines) is 1. The highest BCUT2D eigenvalue weighted by molar-refractivity contribution is 7.11.